The molecule has 1 N–H and O–H groups in total. The van der Waals surface area contributed by atoms with Crippen LogP contribution in [-0.2, 0) is 10.0 Å². The van der Waals surface area contributed by atoms with Crippen LogP contribution in [0.1, 0.15) is 36.0 Å². The summed E-state index contributed by atoms with van der Waals surface area (Å²) in [6, 6.07) is 20.3. The molecule has 0 atom stereocenters. The molecule has 4 rings (SSSR count). The number of hydrogen-bond acceptors (Lipinski definition) is 5. The molecule has 0 unspecified atom stereocenters. The van der Waals surface area contributed by atoms with Gasteiger partial charge in [0.25, 0.3) is 15.9 Å². The number of carbonyl (C=O) groups is 1. The predicted octanol–water partition coefficient (Wildman–Crippen LogP) is 5.30. The Morgan fingerprint density at radius 3 is 2.24 bits per heavy atom. The van der Waals surface area contributed by atoms with Crippen LogP contribution in [0.2, 0.25) is 0 Å². The topological polar surface area (TPSA) is 84.9 Å². The molecule has 3 aromatic carbocycles. The van der Waals surface area contributed by atoms with Gasteiger partial charge in [0.1, 0.15) is 11.5 Å². The first-order valence-corrected chi connectivity index (χ1v) is 12.8. The Hall–Kier alpha value is -3.52. The number of hydrogen-bond donors (Lipinski definition) is 1. The van der Waals surface area contributed by atoms with Gasteiger partial charge in [0.15, 0.2) is 5.75 Å². The van der Waals surface area contributed by atoms with E-state index in [1.807, 2.05) is 18.2 Å². The molecule has 0 spiro atoms. The SMILES string of the molecule is COc1ccc(S(=O)(=O)Nc2ccccc2Oc2ccccc2)cc1C(=O)N1CCCCCC1. The second-order valence-corrected chi connectivity index (χ2v) is 9.77. The summed E-state index contributed by atoms with van der Waals surface area (Å²) in [7, 11) is -2.53. The lowest BCUT2D eigenvalue weighted by Crippen LogP contribution is -2.32. The van der Waals surface area contributed by atoms with E-state index in [1.165, 1.54) is 25.3 Å². The van der Waals surface area contributed by atoms with Crippen LogP contribution in [0, 0.1) is 0 Å². The van der Waals surface area contributed by atoms with Crippen molar-refractivity contribution in [1.29, 1.82) is 0 Å². The van der Waals surface area contributed by atoms with Crippen molar-refractivity contribution < 1.29 is 22.7 Å². The van der Waals surface area contributed by atoms with Gasteiger partial charge in [-0.3, -0.25) is 9.52 Å². The summed E-state index contributed by atoms with van der Waals surface area (Å²) >= 11 is 0. The number of carbonyl (C=O) groups excluding carboxylic acids is 1. The zero-order valence-corrected chi connectivity index (χ0v) is 19.9. The van der Waals surface area contributed by atoms with Crippen LogP contribution in [-0.4, -0.2) is 39.4 Å². The Bertz CT molecular complexity index is 1240. The molecule has 1 heterocycles. The lowest BCUT2D eigenvalue weighted by Gasteiger charge is -2.22. The monoisotopic (exact) mass is 480 g/mol. The van der Waals surface area contributed by atoms with E-state index < -0.39 is 10.0 Å². The van der Waals surface area contributed by atoms with Crippen LogP contribution in [0.4, 0.5) is 5.69 Å². The van der Waals surface area contributed by atoms with Gasteiger partial charge in [0.2, 0.25) is 0 Å². The number of rotatable bonds is 7. The van der Waals surface area contributed by atoms with Crippen molar-refractivity contribution in [2.24, 2.45) is 0 Å². The largest absolute Gasteiger partial charge is 0.496 e. The molecule has 0 radical (unpaired) electrons. The number of nitrogens with zero attached hydrogens (tertiary/aromatic N) is 1. The Labute approximate surface area is 200 Å². The summed E-state index contributed by atoms with van der Waals surface area (Å²) < 4.78 is 40.4. The van der Waals surface area contributed by atoms with Crippen LogP contribution in [0.5, 0.6) is 17.2 Å². The molecule has 178 valence electrons. The Morgan fingerprint density at radius 2 is 1.53 bits per heavy atom. The first kappa shape index (κ1) is 23.6. The second kappa shape index (κ2) is 10.6. The van der Waals surface area contributed by atoms with Crippen molar-refractivity contribution in [3.05, 3.63) is 78.4 Å². The van der Waals surface area contributed by atoms with Crippen molar-refractivity contribution >= 4 is 21.6 Å². The highest BCUT2D eigenvalue weighted by molar-refractivity contribution is 7.92. The van der Waals surface area contributed by atoms with Crippen LogP contribution < -0.4 is 14.2 Å². The number of para-hydroxylation sites is 3. The number of anilines is 1. The number of nitrogens with one attached hydrogen (secondary N) is 1. The van der Waals surface area contributed by atoms with E-state index in [-0.39, 0.29) is 16.4 Å². The average Bonchev–Trinajstić information content (AvgIpc) is 3.14. The second-order valence-electron chi connectivity index (χ2n) is 8.09. The van der Waals surface area contributed by atoms with Crippen molar-refractivity contribution in [2.45, 2.75) is 30.6 Å². The fourth-order valence-electron chi connectivity index (χ4n) is 3.92. The molecule has 7 nitrogen and oxygen atoms in total. The Morgan fingerprint density at radius 1 is 0.853 bits per heavy atom. The summed E-state index contributed by atoms with van der Waals surface area (Å²) in [5, 5.41) is 0. The van der Waals surface area contributed by atoms with Crippen molar-refractivity contribution in [3.8, 4) is 17.2 Å². The molecule has 1 saturated heterocycles. The highest BCUT2D eigenvalue weighted by atomic mass is 32.2. The minimum Gasteiger partial charge on any atom is -0.496 e. The minimum absolute atomic E-state index is 0.0269. The molecule has 0 aliphatic carbocycles. The first-order valence-electron chi connectivity index (χ1n) is 11.3. The molecule has 1 fully saturated rings. The fourth-order valence-corrected chi connectivity index (χ4v) is 5.02. The summed E-state index contributed by atoms with van der Waals surface area (Å²) in [5.74, 6) is 1.08. The van der Waals surface area contributed by atoms with E-state index in [0.29, 0.717) is 36.0 Å². The molecule has 1 aliphatic rings. The number of ether oxygens (including phenoxy) is 2. The summed E-state index contributed by atoms with van der Waals surface area (Å²) in [6.07, 6.45) is 4.05. The Balaban J connectivity index is 1.62. The summed E-state index contributed by atoms with van der Waals surface area (Å²) in [4.78, 5) is 15.0. The fraction of sp³-hybridized carbons (Fsp3) is 0.269. The summed E-state index contributed by atoms with van der Waals surface area (Å²) in [5.41, 5.74) is 0.531. The zero-order valence-electron chi connectivity index (χ0n) is 19.1. The van der Waals surface area contributed by atoms with E-state index >= 15 is 0 Å². The van der Waals surface area contributed by atoms with Gasteiger partial charge in [-0.1, -0.05) is 43.2 Å². The molecular weight excluding hydrogens is 452 g/mol. The molecule has 3 aromatic rings. The minimum atomic E-state index is -4.00. The van der Waals surface area contributed by atoms with Crippen LogP contribution in [0.25, 0.3) is 0 Å². The zero-order chi connectivity index (χ0) is 24.0. The molecule has 34 heavy (non-hydrogen) atoms. The van der Waals surface area contributed by atoms with Gasteiger partial charge in [-0.2, -0.15) is 0 Å². The quantitative estimate of drug-likeness (QED) is 0.496. The van der Waals surface area contributed by atoms with Gasteiger partial charge < -0.3 is 14.4 Å². The Kier molecular flexibility index (Phi) is 7.37. The van der Waals surface area contributed by atoms with Gasteiger partial charge in [0.05, 0.1) is 23.3 Å². The molecule has 8 heteroatoms. The standard InChI is InChI=1S/C26H28N2O5S/c1-32-24-16-15-21(19-22(24)26(29)28-17-9-2-3-10-18-28)34(30,31)27-23-13-7-8-14-25(23)33-20-11-5-4-6-12-20/h4-8,11-16,19,27H,2-3,9-10,17-18H2,1H3. The normalized spacial score (nSPS) is 14.2. The lowest BCUT2D eigenvalue weighted by atomic mass is 10.1. The maximum Gasteiger partial charge on any atom is 0.262 e. The van der Waals surface area contributed by atoms with E-state index in [4.69, 9.17) is 9.47 Å². The van der Waals surface area contributed by atoms with Crippen LogP contribution >= 0.6 is 0 Å². The van der Waals surface area contributed by atoms with E-state index in [1.54, 1.807) is 41.3 Å². The molecule has 1 aliphatic heterocycles. The van der Waals surface area contributed by atoms with Gasteiger partial charge in [0, 0.05) is 13.1 Å². The smallest absolute Gasteiger partial charge is 0.262 e. The molecule has 0 aromatic heterocycles. The van der Waals surface area contributed by atoms with Crippen molar-refractivity contribution in [1.82, 2.24) is 4.90 Å². The number of amides is 1. The van der Waals surface area contributed by atoms with E-state index in [0.717, 1.165) is 25.7 Å². The van der Waals surface area contributed by atoms with Gasteiger partial charge in [-0.15, -0.1) is 0 Å². The number of benzene rings is 3. The summed E-state index contributed by atoms with van der Waals surface area (Å²) in [6.45, 7) is 1.31. The number of likely N-dealkylation sites (tertiary alicyclic amines) is 1. The first-order chi connectivity index (χ1) is 16.5. The molecule has 0 bridgehead atoms. The maximum absolute atomic E-state index is 13.3. The maximum atomic E-state index is 13.3. The van der Waals surface area contributed by atoms with Crippen molar-refractivity contribution in [3.63, 3.8) is 0 Å². The van der Waals surface area contributed by atoms with E-state index in [2.05, 4.69) is 4.72 Å². The number of sulfonamides is 1. The highest BCUT2D eigenvalue weighted by Gasteiger charge is 2.24. The molecule has 1 amide bonds. The van der Waals surface area contributed by atoms with Gasteiger partial charge in [-0.05, 0) is 55.3 Å². The third kappa shape index (κ3) is 5.51. The van der Waals surface area contributed by atoms with Crippen molar-refractivity contribution in [2.75, 3.05) is 24.9 Å². The molecule has 0 saturated carbocycles. The van der Waals surface area contributed by atoms with Crippen LogP contribution in [0.15, 0.2) is 77.7 Å². The third-order valence-electron chi connectivity index (χ3n) is 5.71. The number of methoxy groups -OCH3 is 1. The van der Waals surface area contributed by atoms with E-state index in [9.17, 15) is 13.2 Å². The average molecular weight is 481 g/mol. The lowest BCUT2D eigenvalue weighted by molar-refractivity contribution is 0.0758. The van der Waals surface area contributed by atoms with Crippen LogP contribution in [0.3, 0.4) is 0 Å². The predicted molar refractivity (Wildman–Crippen MR) is 131 cm³/mol. The van der Waals surface area contributed by atoms with Gasteiger partial charge in [-0.25, -0.2) is 8.42 Å². The highest BCUT2D eigenvalue weighted by Crippen LogP contribution is 2.32. The van der Waals surface area contributed by atoms with Gasteiger partial charge >= 0.3 is 0 Å². The third-order valence-corrected chi connectivity index (χ3v) is 7.07. The molecular formula is C26H28N2O5S.